The Morgan fingerprint density at radius 3 is 2.00 bits per heavy atom. The van der Waals surface area contributed by atoms with E-state index in [4.69, 9.17) is 10.0 Å². The van der Waals surface area contributed by atoms with Crippen LogP contribution in [0.15, 0.2) is 36.4 Å². The topological polar surface area (TPSA) is 40.5 Å². The molecule has 0 aliphatic rings. The minimum Gasteiger partial charge on any atom is -0.423 e. The second kappa shape index (κ2) is 4.05. The molecule has 0 saturated heterocycles. The zero-order valence-electron chi connectivity index (χ0n) is 5.72. The van der Waals surface area contributed by atoms with E-state index in [0.29, 0.717) is 6.08 Å². The largest absolute Gasteiger partial charge is 0.490 e. The third-order valence-corrected chi connectivity index (χ3v) is 0.902. The Morgan fingerprint density at radius 2 is 1.73 bits per heavy atom. The summed E-state index contributed by atoms with van der Waals surface area (Å²) in [6, 6.07) is 0. The highest BCUT2D eigenvalue weighted by molar-refractivity contribution is 6.51. The molecule has 0 radical (unpaired) electrons. The average molecular weight is 160 g/mol. The Labute approximate surface area is 63.3 Å². The molecule has 0 heterocycles. The monoisotopic (exact) mass is 160 g/mol. The summed E-state index contributed by atoms with van der Waals surface area (Å²) in [6.45, 7) is 5.71. The lowest BCUT2D eigenvalue weighted by Gasteiger charge is -1.98. The number of rotatable bonds is 3. The lowest BCUT2D eigenvalue weighted by Crippen LogP contribution is -2.14. The fourth-order valence-electron chi connectivity index (χ4n) is 0.354. The summed E-state index contributed by atoms with van der Waals surface area (Å²) in [5, 5.41) is 16.7. The summed E-state index contributed by atoms with van der Waals surface area (Å²) >= 11 is 0. The van der Waals surface area contributed by atoms with Crippen molar-refractivity contribution in [1.29, 1.82) is 0 Å². The molecule has 0 unspecified atom stereocenters. The van der Waals surface area contributed by atoms with Gasteiger partial charge in [-0.25, -0.2) is 8.78 Å². The van der Waals surface area contributed by atoms with Crippen molar-refractivity contribution < 1.29 is 18.8 Å². The van der Waals surface area contributed by atoms with Gasteiger partial charge in [0, 0.05) is 11.5 Å². The fourth-order valence-corrected chi connectivity index (χ4v) is 0.354. The number of allylic oxidation sites excluding steroid dienone is 4. The van der Waals surface area contributed by atoms with E-state index >= 15 is 0 Å². The van der Waals surface area contributed by atoms with Crippen LogP contribution in [-0.2, 0) is 0 Å². The van der Waals surface area contributed by atoms with Gasteiger partial charge in [0.05, 0.1) is 0 Å². The summed E-state index contributed by atoms with van der Waals surface area (Å²) in [4.78, 5) is 0. The van der Waals surface area contributed by atoms with Gasteiger partial charge in [0.1, 0.15) is 11.7 Å². The highest BCUT2D eigenvalue weighted by atomic mass is 19.1. The van der Waals surface area contributed by atoms with Gasteiger partial charge in [0.2, 0.25) is 0 Å². The van der Waals surface area contributed by atoms with Gasteiger partial charge in [0.15, 0.2) is 0 Å². The predicted molar refractivity (Wildman–Crippen MR) is 38.8 cm³/mol. The Hall–Kier alpha value is -0.935. The van der Waals surface area contributed by atoms with Gasteiger partial charge in [-0.3, -0.25) is 0 Å². The van der Waals surface area contributed by atoms with Crippen LogP contribution in [0.4, 0.5) is 8.78 Å². The van der Waals surface area contributed by atoms with E-state index in [2.05, 4.69) is 13.2 Å². The molecule has 11 heavy (non-hydrogen) atoms. The van der Waals surface area contributed by atoms with E-state index in [0.717, 1.165) is 0 Å². The normalized spacial score (nSPS) is 11.1. The maximum Gasteiger partial charge on any atom is 0.490 e. The Morgan fingerprint density at radius 1 is 1.27 bits per heavy atom. The maximum absolute atomic E-state index is 12.4. The molecule has 0 aromatic rings. The molecule has 0 aliphatic heterocycles. The second-order valence-corrected chi connectivity index (χ2v) is 1.84. The average Bonchev–Trinajstić information content (AvgIpc) is 1.84. The minimum atomic E-state index is -2.01. The number of hydrogen-bond acceptors (Lipinski definition) is 2. The van der Waals surface area contributed by atoms with Crippen LogP contribution in [-0.4, -0.2) is 17.2 Å². The van der Waals surface area contributed by atoms with Gasteiger partial charge in [-0.2, -0.15) is 0 Å². The lowest BCUT2D eigenvalue weighted by molar-refractivity contribution is 0.416. The van der Waals surface area contributed by atoms with E-state index < -0.39 is 24.2 Å². The van der Waals surface area contributed by atoms with Crippen molar-refractivity contribution in [3.05, 3.63) is 36.4 Å². The van der Waals surface area contributed by atoms with E-state index in [9.17, 15) is 8.78 Å². The maximum atomic E-state index is 12.4. The highest BCUT2D eigenvalue weighted by Gasteiger charge is 2.16. The van der Waals surface area contributed by atoms with Crippen LogP contribution < -0.4 is 0 Å². The zero-order valence-corrected chi connectivity index (χ0v) is 5.72. The van der Waals surface area contributed by atoms with Gasteiger partial charge in [0.25, 0.3) is 0 Å². The van der Waals surface area contributed by atoms with Gasteiger partial charge < -0.3 is 10.0 Å². The molecule has 0 amide bonds. The molecular formula is C6H7BF2O2. The molecule has 0 aromatic heterocycles. The summed E-state index contributed by atoms with van der Waals surface area (Å²) in [5.41, 5.74) is -0.594. The summed E-state index contributed by atoms with van der Waals surface area (Å²) < 4.78 is 24.3. The van der Waals surface area contributed by atoms with Crippen molar-refractivity contribution in [3.63, 3.8) is 0 Å². The molecule has 0 bridgehead atoms. The third-order valence-electron chi connectivity index (χ3n) is 0.902. The molecule has 5 heteroatoms. The first kappa shape index (κ1) is 10.1. The number of hydrogen-bond donors (Lipinski definition) is 2. The molecule has 0 fully saturated rings. The zero-order chi connectivity index (χ0) is 9.02. The van der Waals surface area contributed by atoms with Crippen molar-refractivity contribution in [2.75, 3.05) is 0 Å². The second-order valence-electron chi connectivity index (χ2n) is 1.84. The first-order valence-electron chi connectivity index (χ1n) is 2.72. The Balaban J connectivity index is 4.36. The first-order chi connectivity index (χ1) is 4.95. The van der Waals surface area contributed by atoms with E-state index in [-0.39, 0.29) is 0 Å². The van der Waals surface area contributed by atoms with Crippen molar-refractivity contribution in [3.8, 4) is 0 Å². The van der Waals surface area contributed by atoms with Crippen LogP contribution >= 0.6 is 0 Å². The van der Waals surface area contributed by atoms with E-state index in [1.807, 2.05) is 0 Å². The third kappa shape index (κ3) is 3.70. The van der Waals surface area contributed by atoms with E-state index in [1.54, 1.807) is 0 Å². The van der Waals surface area contributed by atoms with Gasteiger partial charge in [-0.1, -0.05) is 13.2 Å². The van der Waals surface area contributed by atoms with Crippen LogP contribution in [0, 0.1) is 0 Å². The fraction of sp³-hybridized carbons (Fsp3) is 0. The standard InChI is InChI=1S/C6H7BF2O2/c1-4(8)3-6(9)5(2)7(10)11/h3,10-11H,1-2H2/b6-3+. The van der Waals surface area contributed by atoms with Crippen LogP contribution in [0.1, 0.15) is 0 Å². The summed E-state index contributed by atoms with van der Waals surface area (Å²) in [5.74, 6) is -2.14. The van der Waals surface area contributed by atoms with Gasteiger partial charge in [-0.05, 0) is 0 Å². The molecule has 0 saturated carbocycles. The molecule has 0 aromatic carbocycles. The molecule has 0 aliphatic carbocycles. The van der Waals surface area contributed by atoms with Gasteiger partial charge >= 0.3 is 7.12 Å². The SMILES string of the molecule is C=C(F)/C=C(/F)C(=C)B(O)O. The summed E-state index contributed by atoms with van der Waals surface area (Å²) in [6.07, 6.45) is 0.418. The van der Waals surface area contributed by atoms with Crippen LogP contribution in [0.3, 0.4) is 0 Å². The molecular weight excluding hydrogens is 153 g/mol. The van der Waals surface area contributed by atoms with Crippen LogP contribution in [0.25, 0.3) is 0 Å². The van der Waals surface area contributed by atoms with E-state index in [1.165, 1.54) is 0 Å². The van der Waals surface area contributed by atoms with Crippen molar-refractivity contribution >= 4 is 7.12 Å². The predicted octanol–water partition coefficient (Wildman–Crippen LogP) is 0.891. The van der Waals surface area contributed by atoms with Crippen LogP contribution in [0.5, 0.6) is 0 Å². The quantitative estimate of drug-likeness (QED) is 0.475. The molecule has 2 N–H and O–H groups in total. The van der Waals surface area contributed by atoms with Crippen molar-refractivity contribution in [2.24, 2.45) is 0 Å². The van der Waals surface area contributed by atoms with Gasteiger partial charge in [-0.15, -0.1) is 0 Å². The smallest absolute Gasteiger partial charge is 0.423 e. The Bertz CT molecular complexity index is 211. The highest BCUT2D eigenvalue weighted by Crippen LogP contribution is 2.12. The van der Waals surface area contributed by atoms with Crippen LogP contribution in [0.2, 0.25) is 0 Å². The van der Waals surface area contributed by atoms with Crippen molar-refractivity contribution in [2.45, 2.75) is 0 Å². The molecule has 0 rings (SSSR count). The summed E-state index contributed by atoms with van der Waals surface area (Å²) in [7, 11) is -2.01. The van der Waals surface area contributed by atoms with Crippen molar-refractivity contribution in [1.82, 2.24) is 0 Å². The molecule has 0 spiro atoms. The molecule has 2 nitrogen and oxygen atoms in total. The first-order valence-corrected chi connectivity index (χ1v) is 2.72. The number of halogens is 2. The molecule has 60 valence electrons. The minimum absolute atomic E-state index is 0.418. The lowest BCUT2D eigenvalue weighted by atomic mass is 9.80. The molecule has 0 atom stereocenters. The Kier molecular flexibility index (Phi) is 3.71.